The van der Waals surface area contributed by atoms with Gasteiger partial charge in [-0.15, -0.1) is 0 Å². The normalized spacial score (nSPS) is 14.4. The maximum Gasteiger partial charge on any atom is 0.227 e. The number of hydrogen-bond acceptors (Lipinski definition) is 15. The van der Waals surface area contributed by atoms with E-state index in [-0.39, 0.29) is 53.1 Å². The minimum Gasteiger partial charge on any atom is -0.346 e. The highest BCUT2D eigenvalue weighted by Gasteiger charge is 2.24. The molecule has 0 unspecified atom stereocenters. The minimum absolute atomic E-state index is 0.0397. The molecule has 4 fully saturated rings. The third-order valence-electron chi connectivity index (χ3n) is 27.9. The lowest BCUT2D eigenvalue weighted by atomic mass is 9.96. The molecule has 4 aliphatic rings. The molecule has 3 atom stereocenters. The summed E-state index contributed by atoms with van der Waals surface area (Å²) in [7, 11) is 3.33. The summed E-state index contributed by atoms with van der Waals surface area (Å²) < 4.78 is 0. The van der Waals surface area contributed by atoms with Gasteiger partial charge in [0.2, 0.25) is 17.7 Å². The van der Waals surface area contributed by atoms with Gasteiger partial charge in [0.15, 0.2) is 5.78 Å². The van der Waals surface area contributed by atoms with Crippen LogP contribution < -0.4 is 21.7 Å². The van der Waals surface area contributed by atoms with E-state index in [0.717, 1.165) is 131 Å². The zero-order chi connectivity index (χ0) is 107. The van der Waals surface area contributed by atoms with Crippen LogP contribution in [0.2, 0.25) is 0 Å². The Morgan fingerprint density at radius 1 is 0.329 bits per heavy atom. The van der Waals surface area contributed by atoms with E-state index in [1.54, 1.807) is 41.6 Å². The highest BCUT2D eigenvalue weighted by Crippen LogP contribution is 2.31. The van der Waals surface area contributed by atoms with Crippen LogP contribution in [-0.2, 0) is 85.2 Å². The molecule has 3 amide bonds. The molecule has 0 saturated carbocycles. The molecule has 16 nitrogen and oxygen atoms in total. The summed E-state index contributed by atoms with van der Waals surface area (Å²) in [6, 6.07) is 74.4. The number of carbonyl (C=O) groups excluding carboxylic acids is 7. The molecule has 146 heavy (non-hydrogen) atoms. The molecule has 13 rings (SSSR count). The first-order valence-corrected chi connectivity index (χ1v) is 57.5. The first-order chi connectivity index (χ1) is 69.7. The van der Waals surface area contributed by atoms with Crippen LogP contribution in [0.5, 0.6) is 0 Å². The molecular formula is C128H187N9O7S2. The van der Waals surface area contributed by atoms with Gasteiger partial charge in [0.25, 0.3) is 0 Å². The maximum absolute atomic E-state index is 12.2. The van der Waals surface area contributed by atoms with Gasteiger partial charge in [0.1, 0.15) is 22.4 Å². The highest BCUT2D eigenvalue weighted by atomic mass is 33.1. The standard InChI is InChI=1S/C20H31NO2.C19H23NOS2.C16H23NO.C15H22N2O.C15H23N.C15H22O.C14H22N2.C14H21NO/c1-13(2)15(5)20(23)21-16(6)19(22)12-9-17-7-10-18(11-8-17)14(3)4;1-15(2)17-9-6-16(7-10-17)8-11-18(21)12-14-22-23-19-5-3-4-13-20-19;1-13(2)15-8-6-14(7-9-15)12-16(18)17-10-4-3-5-11-17;1-12(2)14-5-3-13(4-6-14)11-15(18)17-9-7-16-8-10-17;1-13(2)15-8-6-14(7-9-15)12-16-10-4-3-5-11-16;1-11(2)14-8-5-13(6-9-14)7-10-15(16)12(3)4;1-12(2)14-5-3-13(4-6-14)11-16-9-7-15-8-10-16;1-10(2)13-7-4-12(5-8-13)6-9-14(16)11(3)15/h7-8,10-11,13-16H,9,12H2,1-6H3,(H,21,23);3-7,9-10,13,15H,8,11-12,14H2,1-2H3;6-9,13H,3-5,10-12H2,1-2H3;3-6,12,16H,7-11H2,1-2H3;6-9,13H,3-5,10-12H2,1-2H3;5-6,8-9,11-12H,7,10H2,1-4H3;3-6,12,15H,7-11H2,1-2H3;4-5,7-8,10-11H,6,9,15H2,1-3H3/t15-,16-;;;;;;;11-/m0......0/s1. The summed E-state index contributed by atoms with van der Waals surface area (Å²) in [4.78, 5) is 96.5. The van der Waals surface area contributed by atoms with E-state index in [0.29, 0.717) is 104 Å². The number of nitrogens with one attached hydrogen (secondary N) is 3. The van der Waals surface area contributed by atoms with Gasteiger partial charge in [-0.25, -0.2) is 4.98 Å². The van der Waals surface area contributed by atoms with Crippen molar-refractivity contribution in [1.82, 2.24) is 40.5 Å². The Morgan fingerprint density at radius 3 is 0.952 bits per heavy atom. The summed E-state index contributed by atoms with van der Waals surface area (Å²) in [5, 5.41) is 10.5. The van der Waals surface area contributed by atoms with E-state index in [1.165, 1.54) is 124 Å². The van der Waals surface area contributed by atoms with Crippen molar-refractivity contribution in [3.8, 4) is 0 Å². The molecular weight excluding hydrogens is 1840 g/mol. The second-order valence-electron chi connectivity index (χ2n) is 43.4. The number of likely N-dealkylation sites (tertiary alicyclic amines) is 2. The number of benzene rings is 8. The average Bonchev–Trinajstić information content (AvgIpc) is 0.884. The molecule has 8 aromatic carbocycles. The van der Waals surface area contributed by atoms with E-state index >= 15 is 0 Å². The summed E-state index contributed by atoms with van der Waals surface area (Å²) in [6.07, 6.45) is 16.8. The number of aromatic nitrogens is 1. The first-order valence-electron chi connectivity index (χ1n) is 55.2. The van der Waals surface area contributed by atoms with Gasteiger partial charge in [-0.1, -0.05) is 363 Å². The van der Waals surface area contributed by atoms with Crippen LogP contribution in [0, 0.1) is 17.8 Å². The Balaban J connectivity index is 0.000000256. The number of ketones is 4. The maximum atomic E-state index is 12.2. The van der Waals surface area contributed by atoms with Gasteiger partial charge in [0, 0.05) is 134 Å². The average molecular weight is 2030 g/mol. The molecule has 0 radical (unpaired) electrons. The molecule has 0 bridgehead atoms. The molecule has 4 aliphatic heterocycles. The van der Waals surface area contributed by atoms with Crippen molar-refractivity contribution in [2.45, 2.75) is 346 Å². The minimum atomic E-state index is -0.418. The number of nitrogens with two attached hydrogens (primary N) is 1. The van der Waals surface area contributed by atoms with Crippen molar-refractivity contribution in [3.63, 3.8) is 0 Å². The van der Waals surface area contributed by atoms with Crippen LogP contribution in [0.1, 0.15) is 366 Å². The van der Waals surface area contributed by atoms with E-state index in [4.69, 9.17) is 5.73 Å². The molecule has 0 spiro atoms. The molecule has 5 heterocycles. The van der Waals surface area contributed by atoms with Crippen LogP contribution in [0.3, 0.4) is 0 Å². The van der Waals surface area contributed by atoms with Crippen molar-refractivity contribution in [3.05, 3.63) is 308 Å². The number of carbonyl (C=O) groups is 7. The Bertz CT molecular complexity index is 4900. The van der Waals surface area contributed by atoms with Gasteiger partial charge in [0.05, 0.1) is 24.9 Å². The smallest absolute Gasteiger partial charge is 0.227 e. The van der Waals surface area contributed by atoms with E-state index < -0.39 is 6.04 Å². The summed E-state index contributed by atoms with van der Waals surface area (Å²) in [5.41, 5.74) is 26.4. The van der Waals surface area contributed by atoms with Crippen LogP contribution in [0.15, 0.2) is 224 Å². The summed E-state index contributed by atoms with van der Waals surface area (Å²) in [6.45, 7) is 63.3. The zero-order valence-electron chi connectivity index (χ0n) is 93.9. The van der Waals surface area contributed by atoms with Crippen molar-refractivity contribution in [1.29, 1.82) is 0 Å². The molecule has 0 aliphatic carbocycles. The van der Waals surface area contributed by atoms with Crippen molar-refractivity contribution in [2.24, 2.45) is 23.5 Å². The van der Waals surface area contributed by atoms with Crippen molar-refractivity contribution < 1.29 is 33.6 Å². The van der Waals surface area contributed by atoms with Crippen LogP contribution in [-0.4, -0.2) is 162 Å². The molecule has 798 valence electrons. The van der Waals surface area contributed by atoms with E-state index in [2.05, 4.69) is 336 Å². The lowest BCUT2D eigenvalue weighted by molar-refractivity contribution is -0.132. The lowest BCUT2D eigenvalue weighted by Crippen LogP contribution is -2.46. The van der Waals surface area contributed by atoms with Crippen LogP contribution in [0.4, 0.5) is 0 Å². The molecule has 5 N–H and O–H groups in total. The Morgan fingerprint density at radius 2 is 0.630 bits per heavy atom. The first kappa shape index (κ1) is 125. The van der Waals surface area contributed by atoms with E-state index in [9.17, 15) is 33.6 Å². The number of rotatable bonds is 39. The lowest BCUT2D eigenvalue weighted by Gasteiger charge is -2.27. The largest absolute Gasteiger partial charge is 0.346 e. The van der Waals surface area contributed by atoms with E-state index in [1.807, 2.05) is 62.6 Å². The monoisotopic (exact) mass is 2030 g/mol. The number of Topliss-reactive ketones (excluding diaryl/α,β-unsaturated/α-hetero) is 4. The number of hydrogen-bond donors (Lipinski definition) is 4. The Labute approximate surface area is 891 Å². The van der Waals surface area contributed by atoms with Gasteiger partial charge in [-0.2, -0.15) is 0 Å². The molecule has 9 aromatic rings. The molecule has 4 saturated heterocycles. The SMILES string of the molecule is CC(C)C(=O)CCc1ccc(C(C)C)cc1.CC(C)c1ccc(CC(=O)N2CCCCC2)cc1.CC(C)c1ccc(CC(=O)N2CCNCC2)cc1.CC(C)c1ccc(CCC(=O)CCSSc2ccccn2)cc1.CC(C)c1ccc(CCC(=O)[C@H](C)N)cc1.CC(C)c1ccc(CCC(=O)[C@H](C)NC(=O)[C@@H](C)C(C)C)cc1.CC(C)c1ccc(CN2CCCCC2)cc1.CC(C)c1ccc(CN2CCNCC2)cc1. The van der Waals surface area contributed by atoms with Gasteiger partial charge < -0.3 is 31.5 Å². The van der Waals surface area contributed by atoms with Gasteiger partial charge in [-0.05, 0) is 250 Å². The number of aryl methyl sites for hydroxylation is 4. The molecule has 18 heteroatoms. The second-order valence-corrected chi connectivity index (χ2v) is 45.9. The predicted octanol–water partition coefficient (Wildman–Crippen LogP) is 27.4. The van der Waals surface area contributed by atoms with Crippen molar-refractivity contribution >= 4 is 62.4 Å². The van der Waals surface area contributed by atoms with Crippen molar-refractivity contribution in [2.75, 3.05) is 84.3 Å². The van der Waals surface area contributed by atoms with Crippen LogP contribution in [0.25, 0.3) is 0 Å². The fourth-order valence-electron chi connectivity index (χ4n) is 16.8. The second kappa shape index (κ2) is 69.7. The van der Waals surface area contributed by atoms with Crippen LogP contribution >= 0.6 is 21.6 Å². The van der Waals surface area contributed by atoms with Gasteiger partial charge in [-0.3, -0.25) is 43.4 Å². The third kappa shape index (κ3) is 50.7. The number of amides is 3. The highest BCUT2D eigenvalue weighted by molar-refractivity contribution is 8.76. The Hall–Kier alpha value is -9.50. The number of pyridine rings is 1. The fraction of sp³-hybridized carbons (Fsp3) is 0.531. The number of piperazine rings is 2. The topological polar surface area (TPSA) is 207 Å². The summed E-state index contributed by atoms with van der Waals surface area (Å²) >= 11 is 0. The van der Waals surface area contributed by atoms with Gasteiger partial charge >= 0.3 is 0 Å². The Kier molecular flexibility index (Phi) is 59.8. The molecule has 1 aromatic heterocycles. The summed E-state index contributed by atoms with van der Waals surface area (Å²) in [5.74, 6) is 7.18. The number of nitrogens with zero attached hydrogens (tertiary/aromatic N) is 5. The predicted molar refractivity (Wildman–Crippen MR) is 619 cm³/mol. The quantitative estimate of drug-likeness (QED) is 0.0209. The fourth-order valence-corrected chi connectivity index (χ4v) is 18.7. The number of piperidine rings is 2. The zero-order valence-corrected chi connectivity index (χ0v) is 95.5. The third-order valence-corrected chi connectivity index (χ3v) is 30.1.